The van der Waals surface area contributed by atoms with Gasteiger partial charge in [-0.3, -0.25) is 4.79 Å². The minimum absolute atomic E-state index is 0.139. The van der Waals surface area contributed by atoms with Crippen LogP contribution in [0.2, 0.25) is 0 Å². The van der Waals surface area contributed by atoms with E-state index in [4.69, 9.17) is 0 Å². The quantitative estimate of drug-likeness (QED) is 0.668. The lowest BCUT2D eigenvalue weighted by Gasteiger charge is -2.30. The number of carbonyl (C=O) groups excluding carboxylic acids is 2. The standard InChI is InChI=1S/C21H26BrFN4O3/c1-11(2)16(25-21(29)30-4)20(28)27-10-12(3)9-15(27)19-24-17(18(23)26-19)13-5-7-14(22)8-6-13/h5-8,11-12,15-16H,9-10H2,1-4H3,(H,24,26)(H,25,29). The Morgan fingerprint density at radius 3 is 2.60 bits per heavy atom. The summed E-state index contributed by atoms with van der Waals surface area (Å²) in [6, 6.07) is 6.07. The second kappa shape index (κ2) is 9.16. The average Bonchev–Trinajstić information content (AvgIpc) is 3.28. The third-order valence-electron chi connectivity index (χ3n) is 5.30. The van der Waals surface area contributed by atoms with Gasteiger partial charge in [0, 0.05) is 16.6 Å². The van der Waals surface area contributed by atoms with Crippen LogP contribution in [0.15, 0.2) is 28.7 Å². The first-order valence-corrected chi connectivity index (χ1v) is 10.7. The Morgan fingerprint density at radius 2 is 2.00 bits per heavy atom. The molecule has 0 saturated carbocycles. The summed E-state index contributed by atoms with van der Waals surface area (Å²) in [7, 11) is 1.26. The summed E-state index contributed by atoms with van der Waals surface area (Å²) in [6.45, 7) is 6.25. The Morgan fingerprint density at radius 1 is 1.33 bits per heavy atom. The number of hydrogen-bond donors (Lipinski definition) is 2. The fourth-order valence-corrected chi connectivity index (χ4v) is 4.02. The summed E-state index contributed by atoms with van der Waals surface area (Å²) in [4.78, 5) is 33.9. The molecule has 1 aliphatic heterocycles. The maximum atomic E-state index is 14.7. The van der Waals surface area contributed by atoms with Crippen molar-refractivity contribution in [2.24, 2.45) is 11.8 Å². The van der Waals surface area contributed by atoms with Gasteiger partial charge in [-0.2, -0.15) is 4.39 Å². The number of likely N-dealkylation sites (tertiary alicyclic amines) is 1. The lowest BCUT2D eigenvalue weighted by atomic mass is 10.0. The molecule has 1 saturated heterocycles. The zero-order valence-corrected chi connectivity index (χ0v) is 19.0. The van der Waals surface area contributed by atoms with Crippen molar-refractivity contribution in [3.05, 3.63) is 40.5 Å². The molecule has 30 heavy (non-hydrogen) atoms. The van der Waals surface area contributed by atoms with E-state index in [1.165, 1.54) is 7.11 Å². The number of benzene rings is 1. The maximum Gasteiger partial charge on any atom is 0.407 e. The van der Waals surface area contributed by atoms with Gasteiger partial charge in [0.2, 0.25) is 11.9 Å². The van der Waals surface area contributed by atoms with Crippen LogP contribution in [0.25, 0.3) is 11.3 Å². The first-order valence-electron chi connectivity index (χ1n) is 9.87. The van der Waals surface area contributed by atoms with Crippen molar-refractivity contribution in [3.8, 4) is 11.3 Å². The fraction of sp³-hybridized carbons (Fsp3) is 0.476. The first kappa shape index (κ1) is 22.3. The first-order chi connectivity index (χ1) is 14.2. The van der Waals surface area contributed by atoms with Crippen LogP contribution in [0, 0.1) is 17.8 Å². The lowest BCUT2D eigenvalue weighted by molar-refractivity contribution is -0.135. The maximum absolute atomic E-state index is 14.7. The second-order valence-electron chi connectivity index (χ2n) is 8.00. The molecule has 2 heterocycles. The zero-order chi connectivity index (χ0) is 22.0. The van der Waals surface area contributed by atoms with Gasteiger partial charge < -0.3 is 19.9 Å². The highest BCUT2D eigenvalue weighted by atomic mass is 79.9. The molecule has 1 fully saturated rings. The van der Waals surface area contributed by atoms with E-state index in [-0.39, 0.29) is 23.4 Å². The number of methoxy groups -OCH3 is 1. The summed E-state index contributed by atoms with van der Waals surface area (Å²) < 4.78 is 20.2. The van der Waals surface area contributed by atoms with Crippen molar-refractivity contribution in [2.45, 2.75) is 39.3 Å². The molecule has 2 aromatic rings. The van der Waals surface area contributed by atoms with Crippen LogP contribution in [0.3, 0.4) is 0 Å². The number of carbonyl (C=O) groups is 2. The number of halogens is 2. The smallest absolute Gasteiger partial charge is 0.407 e. The summed E-state index contributed by atoms with van der Waals surface area (Å²) >= 11 is 3.37. The molecule has 2 N–H and O–H groups in total. The molecule has 7 nitrogen and oxygen atoms in total. The summed E-state index contributed by atoms with van der Waals surface area (Å²) in [5, 5.41) is 2.62. The van der Waals surface area contributed by atoms with E-state index < -0.39 is 24.1 Å². The van der Waals surface area contributed by atoms with Crippen LogP contribution in [0.5, 0.6) is 0 Å². The molecule has 162 valence electrons. The van der Waals surface area contributed by atoms with E-state index in [0.29, 0.717) is 24.4 Å². The molecule has 0 bridgehead atoms. The normalized spacial score (nSPS) is 19.8. The van der Waals surface area contributed by atoms with E-state index in [1.807, 2.05) is 32.9 Å². The minimum Gasteiger partial charge on any atom is -0.453 e. The molecular formula is C21H26BrFN4O3. The molecule has 0 aliphatic carbocycles. The summed E-state index contributed by atoms with van der Waals surface area (Å²) in [5.41, 5.74) is 0.868. The molecular weight excluding hydrogens is 455 g/mol. The topological polar surface area (TPSA) is 87.3 Å². The van der Waals surface area contributed by atoms with E-state index in [2.05, 4.69) is 36.0 Å². The van der Waals surface area contributed by atoms with Crippen LogP contribution in [-0.2, 0) is 9.53 Å². The predicted octanol–water partition coefficient (Wildman–Crippen LogP) is 4.27. The van der Waals surface area contributed by atoms with Crippen molar-refractivity contribution in [1.29, 1.82) is 0 Å². The Hall–Kier alpha value is -2.42. The number of rotatable bonds is 5. The number of amides is 2. The SMILES string of the molecule is COC(=O)NC(C(=O)N1CC(C)CC1c1nc(-c2ccc(Br)cc2)c(F)[nH]1)C(C)C. The van der Waals surface area contributed by atoms with E-state index in [0.717, 1.165) is 4.47 Å². The largest absolute Gasteiger partial charge is 0.453 e. The minimum atomic E-state index is -0.740. The number of aromatic amines is 1. The number of nitrogens with one attached hydrogen (secondary N) is 2. The van der Waals surface area contributed by atoms with Crippen molar-refractivity contribution < 1.29 is 18.7 Å². The number of nitrogens with zero attached hydrogens (tertiary/aromatic N) is 2. The third kappa shape index (κ3) is 4.66. The van der Waals surface area contributed by atoms with Crippen molar-refractivity contribution in [2.75, 3.05) is 13.7 Å². The Labute approximate surface area is 183 Å². The molecule has 2 amide bonds. The van der Waals surface area contributed by atoms with Gasteiger partial charge in [-0.15, -0.1) is 0 Å². The molecule has 1 aliphatic rings. The van der Waals surface area contributed by atoms with Crippen LogP contribution >= 0.6 is 15.9 Å². The van der Waals surface area contributed by atoms with Crippen molar-refractivity contribution >= 4 is 27.9 Å². The van der Waals surface area contributed by atoms with Crippen molar-refractivity contribution in [3.63, 3.8) is 0 Å². The van der Waals surface area contributed by atoms with Gasteiger partial charge >= 0.3 is 6.09 Å². The van der Waals surface area contributed by atoms with Gasteiger partial charge in [-0.25, -0.2) is 9.78 Å². The highest BCUT2D eigenvalue weighted by Gasteiger charge is 2.40. The van der Waals surface area contributed by atoms with Crippen LogP contribution in [0.1, 0.15) is 39.1 Å². The molecule has 1 aromatic heterocycles. The average molecular weight is 481 g/mol. The molecule has 3 atom stereocenters. The van der Waals surface area contributed by atoms with Gasteiger partial charge in [0.15, 0.2) is 0 Å². The molecule has 3 unspecified atom stereocenters. The van der Waals surface area contributed by atoms with Gasteiger partial charge in [-0.1, -0.05) is 48.8 Å². The molecule has 9 heteroatoms. The molecule has 1 aromatic carbocycles. The lowest BCUT2D eigenvalue weighted by Crippen LogP contribution is -2.51. The Balaban J connectivity index is 1.89. The number of imidazole rings is 1. The molecule has 0 radical (unpaired) electrons. The van der Waals surface area contributed by atoms with Gasteiger partial charge in [-0.05, 0) is 30.4 Å². The number of alkyl carbamates (subject to hydrolysis) is 1. The third-order valence-corrected chi connectivity index (χ3v) is 5.82. The van der Waals surface area contributed by atoms with Gasteiger partial charge in [0.05, 0.1) is 13.2 Å². The summed E-state index contributed by atoms with van der Waals surface area (Å²) in [6.07, 6.45) is -0.00553. The monoisotopic (exact) mass is 480 g/mol. The van der Waals surface area contributed by atoms with E-state index in [9.17, 15) is 14.0 Å². The Bertz CT molecular complexity index is 915. The van der Waals surface area contributed by atoms with Crippen molar-refractivity contribution in [1.82, 2.24) is 20.2 Å². The Kier molecular flexibility index (Phi) is 6.80. The summed E-state index contributed by atoms with van der Waals surface area (Å²) in [5.74, 6) is -0.281. The zero-order valence-electron chi connectivity index (χ0n) is 17.4. The van der Waals surface area contributed by atoms with Gasteiger partial charge in [0.25, 0.3) is 0 Å². The number of hydrogen-bond acceptors (Lipinski definition) is 4. The second-order valence-corrected chi connectivity index (χ2v) is 8.91. The van der Waals surface area contributed by atoms with Crippen LogP contribution < -0.4 is 5.32 Å². The number of H-pyrrole nitrogens is 1. The van der Waals surface area contributed by atoms with Crippen LogP contribution in [0.4, 0.5) is 9.18 Å². The van der Waals surface area contributed by atoms with E-state index in [1.54, 1.807) is 17.0 Å². The highest BCUT2D eigenvalue weighted by Crippen LogP contribution is 2.36. The van der Waals surface area contributed by atoms with E-state index >= 15 is 0 Å². The van der Waals surface area contributed by atoms with Gasteiger partial charge in [0.1, 0.15) is 17.6 Å². The van der Waals surface area contributed by atoms with Crippen LogP contribution in [-0.4, -0.2) is 46.6 Å². The number of ether oxygens (including phenoxy) is 1. The highest BCUT2D eigenvalue weighted by molar-refractivity contribution is 9.10. The molecule has 0 spiro atoms. The number of aromatic nitrogens is 2. The molecule has 3 rings (SSSR count). The predicted molar refractivity (Wildman–Crippen MR) is 114 cm³/mol. The fourth-order valence-electron chi connectivity index (χ4n) is 3.75.